The van der Waals surface area contributed by atoms with E-state index in [0.717, 1.165) is 28.7 Å². The van der Waals surface area contributed by atoms with Crippen molar-refractivity contribution in [1.29, 1.82) is 0 Å². The first-order valence-electron chi connectivity index (χ1n) is 14.2. The van der Waals surface area contributed by atoms with Crippen LogP contribution in [0.2, 0.25) is 0 Å². The van der Waals surface area contributed by atoms with E-state index in [2.05, 4.69) is 5.32 Å². The van der Waals surface area contributed by atoms with Crippen LogP contribution < -0.4 is 5.32 Å². The van der Waals surface area contributed by atoms with Gasteiger partial charge in [0.2, 0.25) is 0 Å². The number of carboxylic acid groups (broad SMARTS) is 1. The first-order chi connectivity index (χ1) is 18.8. The molecule has 1 amide bonds. The second kappa shape index (κ2) is 17.9. The molecule has 2 N–H and O–H groups in total. The Labute approximate surface area is 256 Å². The molecule has 0 saturated heterocycles. The number of hydrogen-bond acceptors (Lipinski definition) is 5. The van der Waals surface area contributed by atoms with Crippen LogP contribution in [0.4, 0.5) is 0 Å². The maximum absolute atomic E-state index is 13.3. The van der Waals surface area contributed by atoms with Gasteiger partial charge < -0.3 is 19.9 Å². The number of nitrogens with one attached hydrogen (secondary N) is 1. The van der Waals surface area contributed by atoms with Crippen molar-refractivity contribution >= 4 is 42.5 Å². The van der Waals surface area contributed by atoms with Crippen molar-refractivity contribution in [3.63, 3.8) is 0 Å². The van der Waals surface area contributed by atoms with Gasteiger partial charge in [-0.05, 0) is 85.9 Å². The summed E-state index contributed by atoms with van der Waals surface area (Å²) < 4.78 is 12.4. The third kappa shape index (κ3) is 10.9. The molecule has 3 rings (SSSR count). The molecule has 0 heterocycles. The second-order valence-corrected chi connectivity index (χ2v) is 11.9. The normalized spacial score (nSPS) is 15.3. The van der Waals surface area contributed by atoms with E-state index in [1.165, 1.54) is 32.1 Å². The molecule has 40 heavy (non-hydrogen) atoms. The number of ether oxygens (including phenoxy) is 2. The quantitative estimate of drug-likeness (QED) is 0.250. The van der Waals surface area contributed by atoms with Crippen molar-refractivity contribution in [3.05, 3.63) is 59.2 Å². The summed E-state index contributed by atoms with van der Waals surface area (Å²) in [7, 11) is 0. The fraction of sp³-hybridized carbons (Fsp3) is 0.562. The first kappa shape index (κ1) is 34.4. The fourth-order valence-corrected chi connectivity index (χ4v) is 5.67. The van der Waals surface area contributed by atoms with Crippen molar-refractivity contribution in [2.75, 3.05) is 18.6 Å². The Morgan fingerprint density at radius 3 is 2.42 bits per heavy atom. The molecular formula is C32H46LiNO5S. The molecule has 1 saturated carbocycles. The van der Waals surface area contributed by atoms with E-state index in [1.54, 1.807) is 17.8 Å². The Kier molecular flexibility index (Phi) is 15.4. The molecule has 0 unspecified atom stereocenters. The first-order valence-corrected chi connectivity index (χ1v) is 15.6. The minimum atomic E-state index is -1.02. The number of carbonyl (C=O) groups is 2. The van der Waals surface area contributed by atoms with Crippen LogP contribution in [0.5, 0.6) is 0 Å². The molecule has 0 spiro atoms. The number of carbonyl (C=O) groups excluding carboxylic acids is 1. The summed E-state index contributed by atoms with van der Waals surface area (Å²) in [6.07, 6.45) is 9.92. The van der Waals surface area contributed by atoms with Crippen molar-refractivity contribution < 1.29 is 24.2 Å². The van der Waals surface area contributed by atoms with Gasteiger partial charge >= 0.3 is 24.8 Å². The summed E-state index contributed by atoms with van der Waals surface area (Å²) in [5, 5.41) is 12.4. The van der Waals surface area contributed by atoms with Crippen LogP contribution in [0.25, 0.3) is 11.1 Å². The van der Waals surface area contributed by atoms with E-state index < -0.39 is 12.0 Å². The molecule has 0 bridgehead atoms. The van der Waals surface area contributed by atoms with Crippen molar-refractivity contribution in [2.24, 2.45) is 5.92 Å². The van der Waals surface area contributed by atoms with E-state index in [0.29, 0.717) is 36.9 Å². The van der Waals surface area contributed by atoms with Gasteiger partial charge in [-0.15, -0.1) is 0 Å². The summed E-state index contributed by atoms with van der Waals surface area (Å²) in [5.74, 6) is -0.0654. The maximum atomic E-state index is 13.3. The zero-order valence-corrected chi connectivity index (χ0v) is 24.7. The molecular weight excluding hydrogens is 517 g/mol. The molecule has 1 aliphatic carbocycles. The number of benzene rings is 2. The van der Waals surface area contributed by atoms with Gasteiger partial charge in [-0.25, -0.2) is 4.79 Å². The summed E-state index contributed by atoms with van der Waals surface area (Å²) >= 11 is 1.56. The van der Waals surface area contributed by atoms with Gasteiger partial charge in [-0.1, -0.05) is 62.4 Å². The Hall–Kier alpha value is -1.75. The Balaban J connectivity index is 0.00000560. The molecule has 216 valence electrons. The summed E-state index contributed by atoms with van der Waals surface area (Å²) in [6.45, 7) is 7.11. The van der Waals surface area contributed by atoms with Gasteiger partial charge in [-0.3, -0.25) is 4.79 Å². The molecule has 2 aromatic rings. The molecule has 0 aliphatic heterocycles. The molecule has 2 atom stereocenters. The van der Waals surface area contributed by atoms with Crippen LogP contribution in [-0.2, 0) is 20.9 Å². The van der Waals surface area contributed by atoms with Gasteiger partial charge in [0.1, 0.15) is 6.04 Å². The molecule has 0 radical (unpaired) electrons. The van der Waals surface area contributed by atoms with Gasteiger partial charge in [0.05, 0.1) is 25.4 Å². The topological polar surface area (TPSA) is 84.9 Å². The third-order valence-corrected chi connectivity index (χ3v) is 8.04. The zero-order chi connectivity index (χ0) is 28.2. The van der Waals surface area contributed by atoms with Crippen LogP contribution in [0, 0.1) is 12.8 Å². The fourth-order valence-electron chi connectivity index (χ4n) is 5.20. The number of carboxylic acids is 1. The molecule has 2 aromatic carbocycles. The van der Waals surface area contributed by atoms with E-state index in [9.17, 15) is 14.7 Å². The van der Waals surface area contributed by atoms with Crippen molar-refractivity contribution in [2.45, 2.75) is 90.6 Å². The van der Waals surface area contributed by atoms with Crippen molar-refractivity contribution in [1.82, 2.24) is 5.32 Å². The van der Waals surface area contributed by atoms with Gasteiger partial charge in [-0.2, -0.15) is 11.8 Å². The molecule has 0 aromatic heterocycles. The van der Waals surface area contributed by atoms with Crippen LogP contribution in [-0.4, -0.2) is 72.7 Å². The van der Waals surface area contributed by atoms with Gasteiger partial charge in [0.25, 0.3) is 5.91 Å². The summed E-state index contributed by atoms with van der Waals surface area (Å²) in [6, 6.07) is 12.7. The predicted octanol–water partition coefficient (Wildman–Crippen LogP) is 6.23. The third-order valence-electron chi connectivity index (χ3n) is 7.40. The van der Waals surface area contributed by atoms with Gasteiger partial charge in [0, 0.05) is 5.56 Å². The standard InChI is InChI=1S/C32H45NO5S.Li.H/c1-22(2)37-21-26(18-24-11-6-5-7-12-24)38-20-25-14-15-28(29(19-25)27-13-9-8-10-23(27)3)31(34)33-30(32(35)36)16-17-39-4;;/h8-10,13-15,19,22,24,26,30H,5-7,11-12,16-18,20-21H2,1-4H3,(H,33,34)(H,35,36);;/t26-,30-;;/m0../s1. The number of aryl methyl sites for hydroxylation is 1. The molecule has 8 heteroatoms. The Morgan fingerprint density at radius 1 is 1.05 bits per heavy atom. The Bertz CT molecular complexity index is 1070. The number of amides is 1. The average molecular weight is 564 g/mol. The predicted molar refractivity (Wildman–Crippen MR) is 167 cm³/mol. The van der Waals surface area contributed by atoms with E-state index >= 15 is 0 Å². The molecule has 1 aliphatic rings. The van der Waals surface area contributed by atoms with E-state index in [4.69, 9.17) is 9.47 Å². The number of rotatable bonds is 15. The number of thioether (sulfide) groups is 1. The molecule has 1 fully saturated rings. The van der Waals surface area contributed by atoms with E-state index in [-0.39, 0.29) is 37.0 Å². The number of hydrogen-bond donors (Lipinski definition) is 2. The van der Waals surface area contributed by atoms with Crippen LogP contribution in [0.15, 0.2) is 42.5 Å². The monoisotopic (exact) mass is 563 g/mol. The van der Waals surface area contributed by atoms with E-state index in [1.807, 2.05) is 63.4 Å². The summed E-state index contributed by atoms with van der Waals surface area (Å²) in [5.41, 5.74) is 4.21. The minimum absolute atomic E-state index is 0. The second-order valence-electron chi connectivity index (χ2n) is 10.9. The van der Waals surface area contributed by atoms with Crippen LogP contribution >= 0.6 is 11.8 Å². The summed E-state index contributed by atoms with van der Waals surface area (Å²) in [4.78, 5) is 25.1. The molecule has 6 nitrogen and oxygen atoms in total. The SMILES string of the molecule is CSCC[C@H](NC(=O)c1ccc(CO[C@H](COC(C)C)CC2CCCCC2)cc1-c1ccccc1C)C(=O)O.[LiH]. The zero-order valence-electron chi connectivity index (χ0n) is 23.9. The average Bonchev–Trinajstić information content (AvgIpc) is 2.93. The number of aliphatic carboxylic acids is 1. The van der Waals surface area contributed by atoms with Gasteiger partial charge in [0.15, 0.2) is 0 Å². The van der Waals surface area contributed by atoms with Crippen LogP contribution in [0.1, 0.15) is 80.3 Å². The van der Waals surface area contributed by atoms with Crippen LogP contribution in [0.3, 0.4) is 0 Å². The van der Waals surface area contributed by atoms with Crippen molar-refractivity contribution in [3.8, 4) is 11.1 Å². The Morgan fingerprint density at radius 2 is 1.77 bits per heavy atom.